The third-order valence-corrected chi connectivity index (χ3v) is 6.15. The average Bonchev–Trinajstić information content (AvgIpc) is 3.19. The Morgan fingerprint density at radius 1 is 1.24 bits per heavy atom. The Kier molecular flexibility index (Phi) is 8.45. The third kappa shape index (κ3) is 6.31. The molecule has 11 heteroatoms. The van der Waals surface area contributed by atoms with E-state index in [2.05, 4.69) is 35.4 Å². The van der Waals surface area contributed by atoms with Gasteiger partial charge in [0.25, 0.3) is 0 Å². The predicted molar refractivity (Wildman–Crippen MR) is 140 cm³/mol. The standard InChI is InChI=1S/C23H33N9OS/c1-2-33-15-14-32-21-19(4-3-8-26-21)29-22(32)28-17-6-11-31(12-7-17)13-10-27-23(34)30-20-16-25-9-5-18(20)24/h3-5,8-9,16-17H,2,6-7,10-15H2,1H3,(H2,24,25)(H,28,29)(H2,27,30,34). The number of thiocarbonyl (C=S) groups is 1. The normalized spacial score (nSPS) is 14.9. The van der Waals surface area contributed by atoms with E-state index in [4.69, 9.17) is 27.7 Å². The number of fused-ring (bicyclic) bond motifs is 1. The highest BCUT2D eigenvalue weighted by atomic mass is 32.1. The summed E-state index contributed by atoms with van der Waals surface area (Å²) in [6, 6.07) is 6.05. The van der Waals surface area contributed by atoms with Gasteiger partial charge < -0.3 is 31.3 Å². The number of hydrogen-bond donors (Lipinski definition) is 4. The van der Waals surface area contributed by atoms with Gasteiger partial charge >= 0.3 is 0 Å². The Morgan fingerprint density at radius 2 is 2.09 bits per heavy atom. The molecule has 1 aliphatic rings. The SMILES string of the molecule is CCOCCn1c(NC2CCN(CCNC(=S)Nc3cnccc3N)CC2)nc2cccnc21. The smallest absolute Gasteiger partial charge is 0.205 e. The maximum atomic E-state index is 5.92. The van der Waals surface area contributed by atoms with Gasteiger partial charge in [-0.3, -0.25) is 9.55 Å². The fourth-order valence-corrected chi connectivity index (χ4v) is 4.28. The van der Waals surface area contributed by atoms with E-state index in [0.717, 1.165) is 68.4 Å². The number of pyridine rings is 2. The van der Waals surface area contributed by atoms with Crippen LogP contribution < -0.4 is 21.7 Å². The number of piperidine rings is 1. The van der Waals surface area contributed by atoms with Crippen molar-refractivity contribution in [1.82, 2.24) is 29.7 Å². The van der Waals surface area contributed by atoms with Crippen LogP contribution in [0.2, 0.25) is 0 Å². The van der Waals surface area contributed by atoms with E-state index in [0.29, 0.717) is 30.1 Å². The lowest BCUT2D eigenvalue weighted by Gasteiger charge is -2.32. The first-order valence-electron chi connectivity index (χ1n) is 11.8. The Balaban J connectivity index is 1.23. The number of nitrogens with two attached hydrogens (primary N) is 1. The van der Waals surface area contributed by atoms with E-state index < -0.39 is 0 Å². The fraction of sp³-hybridized carbons (Fsp3) is 0.478. The number of rotatable bonds is 10. The molecule has 3 aromatic heterocycles. The van der Waals surface area contributed by atoms with Crippen molar-refractivity contribution in [3.05, 3.63) is 36.8 Å². The first-order valence-corrected chi connectivity index (χ1v) is 12.2. The highest BCUT2D eigenvalue weighted by molar-refractivity contribution is 7.80. The van der Waals surface area contributed by atoms with Crippen LogP contribution in [0.1, 0.15) is 19.8 Å². The molecule has 10 nitrogen and oxygen atoms in total. The van der Waals surface area contributed by atoms with Crippen LogP contribution >= 0.6 is 12.2 Å². The molecule has 0 spiro atoms. The molecule has 0 unspecified atom stereocenters. The van der Waals surface area contributed by atoms with Gasteiger partial charge in [-0.15, -0.1) is 0 Å². The molecule has 0 amide bonds. The molecule has 0 radical (unpaired) electrons. The minimum Gasteiger partial charge on any atom is -0.397 e. The second kappa shape index (κ2) is 11.9. The molecular formula is C23H33N9OS. The number of nitrogen functional groups attached to an aromatic ring is 1. The van der Waals surface area contributed by atoms with Crippen molar-refractivity contribution >= 4 is 45.8 Å². The molecule has 3 aromatic rings. The Hall–Kier alpha value is -3.02. The van der Waals surface area contributed by atoms with Crippen molar-refractivity contribution in [2.45, 2.75) is 32.4 Å². The van der Waals surface area contributed by atoms with Gasteiger partial charge in [0.2, 0.25) is 5.95 Å². The van der Waals surface area contributed by atoms with Gasteiger partial charge in [0.15, 0.2) is 10.8 Å². The number of nitrogens with one attached hydrogen (secondary N) is 3. The highest BCUT2D eigenvalue weighted by Gasteiger charge is 2.21. The van der Waals surface area contributed by atoms with Crippen LogP contribution in [0.4, 0.5) is 17.3 Å². The number of imidazole rings is 1. The summed E-state index contributed by atoms with van der Waals surface area (Å²) in [4.78, 5) is 15.8. The van der Waals surface area contributed by atoms with Crippen molar-refractivity contribution < 1.29 is 4.74 Å². The van der Waals surface area contributed by atoms with E-state index in [-0.39, 0.29) is 0 Å². The van der Waals surface area contributed by atoms with Crippen molar-refractivity contribution in [2.24, 2.45) is 0 Å². The zero-order chi connectivity index (χ0) is 23.8. The van der Waals surface area contributed by atoms with Crippen LogP contribution in [0, 0.1) is 0 Å². The lowest BCUT2D eigenvalue weighted by Crippen LogP contribution is -2.43. The average molecular weight is 484 g/mol. The van der Waals surface area contributed by atoms with Crippen molar-refractivity contribution in [2.75, 3.05) is 55.8 Å². The minimum absolute atomic E-state index is 0.378. The molecule has 0 saturated carbocycles. The monoisotopic (exact) mass is 483 g/mol. The van der Waals surface area contributed by atoms with Gasteiger partial charge in [0.1, 0.15) is 5.52 Å². The second-order valence-electron chi connectivity index (χ2n) is 8.23. The van der Waals surface area contributed by atoms with Gasteiger partial charge in [-0.25, -0.2) is 9.97 Å². The zero-order valence-corrected chi connectivity index (χ0v) is 20.4. The van der Waals surface area contributed by atoms with Crippen molar-refractivity contribution in [3.8, 4) is 0 Å². The number of ether oxygens (including phenoxy) is 1. The Morgan fingerprint density at radius 3 is 2.88 bits per heavy atom. The topological polar surface area (TPSA) is 118 Å². The number of likely N-dealkylation sites (tertiary alicyclic amines) is 1. The first kappa shape index (κ1) is 24.1. The van der Waals surface area contributed by atoms with Crippen LogP contribution in [0.5, 0.6) is 0 Å². The molecule has 4 heterocycles. The molecule has 4 rings (SSSR count). The molecule has 1 aliphatic heterocycles. The second-order valence-corrected chi connectivity index (χ2v) is 8.64. The molecule has 0 aromatic carbocycles. The van der Waals surface area contributed by atoms with Gasteiger partial charge in [-0.2, -0.15) is 0 Å². The van der Waals surface area contributed by atoms with Gasteiger partial charge in [-0.05, 0) is 50.2 Å². The van der Waals surface area contributed by atoms with Crippen LogP contribution in [0.3, 0.4) is 0 Å². The largest absolute Gasteiger partial charge is 0.397 e. The quantitative estimate of drug-likeness (QED) is 0.253. The maximum Gasteiger partial charge on any atom is 0.205 e. The minimum atomic E-state index is 0.378. The molecule has 0 aliphatic carbocycles. The maximum absolute atomic E-state index is 5.92. The van der Waals surface area contributed by atoms with Crippen molar-refractivity contribution in [3.63, 3.8) is 0 Å². The van der Waals surface area contributed by atoms with E-state index in [1.807, 2.05) is 25.3 Å². The fourth-order valence-electron chi connectivity index (χ4n) is 4.07. The van der Waals surface area contributed by atoms with E-state index in [1.165, 1.54) is 0 Å². The number of hydrogen-bond acceptors (Lipinski definition) is 8. The van der Waals surface area contributed by atoms with Crippen LogP contribution in [0.25, 0.3) is 11.2 Å². The van der Waals surface area contributed by atoms with E-state index in [1.54, 1.807) is 18.5 Å². The molecule has 0 bridgehead atoms. The van der Waals surface area contributed by atoms with Crippen LogP contribution in [-0.2, 0) is 11.3 Å². The van der Waals surface area contributed by atoms with E-state index in [9.17, 15) is 0 Å². The summed E-state index contributed by atoms with van der Waals surface area (Å²) in [5.41, 5.74) is 9.06. The summed E-state index contributed by atoms with van der Waals surface area (Å²) in [7, 11) is 0. The highest BCUT2D eigenvalue weighted by Crippen LogP contribution is 2.21. The summed E-state index contributed by atoms with van der Waals surface area (Å²) in [5.74, 6) is 0.875. The summed E-state index contributed by atoms with van der Waals surface area (Å²) in [6.07, 6.45) is 7.24. The summed E-state index contributed by atoms with van der Waals surface area (Å²) >= 11 is 5.37. The summed E-state index contributed by atoms with van der Waals surface area (Å²) < 4.78 is 7.70. The van der Waals surface area contributed by atoms with Gasteiger partial charge in [-0.1, -0.05) is 0 Å². The Labute approximate surface area is 205 Å². The zero-order valence-electron chi connectivity index (χ0n) is 19.5. The molecule has 0 atom stereocenters. The van der Waals surface area contributed by atoms with Crippen LogP contribution in [0.15, 0.2) is 36.8 Å². The molecule has 1 fully saturated rings. The molecule has 5 N–H and O–H groups in total. The number of anilines is 3. The van der Waals surface area contributed by atoms with Gasteiger partial charge in [0.05, 0.1) is 30.7 Å². The first-order chi connectivity index (χ1) is 16.6. The van der Waals surface area contributed by atoms with E-state index >= 15 is 0 Å². The molecule has 1 saturated heterocycles. The third-order valence-electron chi connectivity index (χ3n) is 5.90. The molecule has 34 heavy (non-hydrogen) atoms. The number of nitrogens with zero attached hydrogens (tertiary/aromatic N) is 5. The summed E-state index contributed by atoms with van der Waals surface area (Å²) in [6.45, 7) is 7.81. The summed E-state index contributed by atoms with van der Waals surface area (Å²) in [5, 5.41) is 10.6. The van der Waals surface area contributed by atoms with Gasteiger partial charge in [0, 0.05) is 51.2 Å². The lowest BCUT2D eigenvalue weighted by molar-refractivity contribution is 0.140. The van der Waals surface area contributed by atoms with Crippen molar-refractivity contribution in [1.29, 1.82) is 0 Å². The molecular weight excluding hydrogens is 450 g/mol. The lowest BCUT2D eigenvalue weighted by atomic mass is 10.1. The molecule has 182 valence electrons. The number of aromatic nitrogens is 4. The Bertz CT molecular complexity index is 1080. The van der Waals surface area contributed by atoms with Crippen LogP contribution in [-0.4, -0.2) is 75.0 Å². The predicted octanol–water partition coefficient (Wildman–Crippen LogP) is 2.31.